The highest BCUT2D eigenvalue weighted by molar-refractivity contribution is 6.33. The first-order valence-electron chi connectivity index (χ1n) is 5.74. The zero-order chi connectivity index (χ0) is 13.8. The minimum Gasteiger partial charge on any atom is -0.508 e. The fourth-order valence-corrected chi connectivity index (χ4v) is 1.77. The highest BCUT2D eigenvalue weighted by Gasteiger charge is 2.10. The zero-order valence-electron chi connectivity index (χ0n) is 10.4. The summed E-state index contributed by atoms with van der Waals surface area (Å²) in [4.78, 5) is 16.1. The van der Waals surface area contributed by atoms with E-state index in [-0.39, 0.29) is 17.2 Å². The van der Waals surface area contributed by atoms with E-state index in [9.17, 15) is 9.90 Å². The molecule has 0 spiro atoms. The van der Waals surface area contributed by atoms with Gasteiger partial charge in [0, 0.05) is 18.4 Å². The first-order valence-corrected chi connectivity index (χ1v) is 6.12. The lowest BCUT2D eigenvalue weighted by molar-refractivity contribution is 0.0950. The molecule has 0 radical (unpaired) electrons. The Hall–Kier alpha value is -2.07. The smallest absolute Gasteiger partial charge is 0.253 e. The minimum atomic E-state index is -0.332. The SMILES string of the molecule is Cc1ccc(CNC(=O)c2cc(O)ccc2Cl)cn1. The number of benzene rings is 1. The summed E-state index contributed by atoms with van der Waals surface area (Å²) < 4.78 is 0. The normalized spacial score (nSPS) is 10.2. The van der Waals surface area contributed by atoms with Crippen molar-refractivity contribution in [1.82, 2.24) is 10.3 Å². The van der Waals surface area contributed by atoms with E-state index in [2.05, 4.69) is 10.3 Å². The number of phenolic OH excluding ortho intramolecular Hbond substituents is 1. The molecule has 0 bridgehead atoms. The van der Waals surface area contributed by atoms with E-state index >= 15 is 0 Å². The van der Waals surface area contributed by atoms with Crippen molar-refractivity contribution in [3.63, 3.8) is 0 Å². The molecule has 2 aromatic rings. The molecular formula is C14H13ClN2O2. The number of carbonyl (C=O) groups is 1. The third-order valence-electron chi connectivity index (χ3n) is 2.62. The maximum absolute atomic E-state index is 11.9. The highest BCUT2D eigenvalue weighted by Crippen LogP contribution is 2.21. The van der Waals surface area contributed by atoms with E-state index in [0.717, 1.165) is 11.3 Å². The van der Waals surface area contributed by atoms with E-state index in [4.69, 9.17) is 11.6 Å². The second kappa shape index (κ2) is 5.71. The molecule has 1 aromatic heterocycles. The number of pyridine rings is 1. The Morgan fingerprint density at radius 3 is 2.84 bits per heavy atom. The number of halogens is 1. The summed E-state index contributed by atoms with van der Waals surface area (Å²) in [5.74, 6) is -0.326. The summed E-state index contributed by atoms with van der Waals surface area (Å²) in [6.07, 6.45) is 1.71. The van der Waals surface area contributed by atoms with Crippen LogP contribution in [0.4, 0.5) is 0 Å². The monoisotopic (exact) mass is 276 g/mol. The molecule has 4 nitrogen and oxygen atoms in total. The van der Waals surface area contributed by atoms with Crippen molar-refractivity contribution in [3.8, 4) is 5.75 Å². The Kier molecular flexibility index (Phi) is 4.02. The molecule has 0 aliphatic heterocycles. The second-order valence-electron chi connectivity index (χ2n) is 4.15. The summed E-state index contributed by atoms with van der Waals surface area (Å²) in [5.41, 5.74) is 2.07. The van der Waals surface area contributed by atoms with Gasteiger partial charge in [-0.1, -0.05) is 17.7 Å². The largest absolute Gasteiger partial charge is 0.508 e. The number of phenols is 1. The molecule has 2 N–H and O–H groups in total. The van der Waals surface area contributed by atoms with E-state index < -0.39 is 0 Å². The van der Waals surface area contributed by atoms with Crippen molar-refractivity contribution < 1.29 is 9.90 Å². The van der Waals surface area contributed by atoms with E-state index in [1.807, 2.05) is 19.1 Å². The van der Waals surface area contributed by atoms with Gasteiger partial charge in [-0.05, 0) is 36.8 Å². The van der Waals surface area contributed by atoms with Crippen molar-refractivity contribution in [1.29, 1.82) is 0 Å². The molecule has 0 saturated carbocycles. The average molecular weight is 277 g/mol. The van der Waals surface area contributed by atoms with Gasteiger partial charge in [0.25, 0.3) is 5.91 Å². The molecule has 1 aromatic carbocycles. The van der Waals surface area contributed by atoms with Gasteiger partial charge in [-0.25, -0.2) is 0 Å². The maximum Gasteiger partial charge on any atom is 0.253 e. The molecule has 0 saturated heterocycles. The van der Waals surface area contributed by atoms with Gasteiger partial charge < -0.3 is 10.4 Å². The van der Waals surface area contributed by atoms with Crippen molar-refractivity contribution in [2.24, 2.45) is 0 Å². The van der Waals surface area contributed by atoms with Gasteiger partial charge in [-0.15, -0.1) is 0 Å². The second-order valence-corrected chi connectivity index (χ2v) is 4.56. The summed E-state index contributed by atoms with van der Waals surface area (Å²) in [7, 11) is 0. The van der Waals surface area contributed by atoms with Crippen LogP contribution in [0.3, 0.4) is 0 Å². The minimum absolute atomic E-state index is 0.00607. The number of nitrogens with zero attached hydrogens (tertiary/aromatic N) is 1. The van der Waals surface area contributed by atoms with Crippen LogP contribution in [0.1, 0.15) is 21.6 Å². The van der Waals surface area contributed by atoms with Crippen molar-refractivity contribution in [3.05, 3.63) is 58.4 Å². The standard InChI is InChI=1S/C14H13ClN2O2/c1-9-2-3-10(7-16-9)8-17-14(19)12-6-11(18)4-5-13(12)15/h2-7,18H,8H2,1H3,(H,17,19). The molecule has 0 fully saturated rings. The van der Waals surface area contributed by atoms with Gasteiger partial charge >= 0.3 is 0 Å². The van der Waals surface area contributed by atoms with Crippen LogP contribution >= 0.6 is 11.6 Å². The quantitative estimate of drug-likeness (QED) is 0.906. The number of amides is 1. The number of hydrogen-bond acceptors (Lipinski definition) is 3. The summed E-state index contributed by atoms with van der Waals surface area (Å²) in [5, 5.41) is 12.4. The molecule has 19 heavy (non-hydrogen) atoms. The predicted molar refractivity (Wildman–Crippen MR) is 73.3 cm³/mol. The molecule has 1 amide bonds. The van der Waals surface area contributed by atoms with Crippen LogP contribution < -0.4 is 5.32 Å². The number of hydrogen-bond donors (Lipinski definition) is 2. The third kappa shape index (κ3) is 3.45. The zero-order valence-corrected chi connectivity index (χ0v) is 11.1. The average Bonchev–Trinajstić information content (AvgIpc) is 2.40. The van der Waals surface area contributed by atoms with Gasteiger partial charge in [0.2, 0.25) is 0 Å². The Bertz CT molecular complexity index is 597. The lowest BCUT2D eigenvalue weighted by atomic mass is 10.2. The van der Waals surface area contributed by atoms with Crippen molar-refractivity contribution in [2.45, 2.75) is 13.5 Å². The number of aryl methyl sites for hydroxylation is 1. The Balaban J connectivity index is 2.05. The van der Waals surface area contributed by atoms with E-state index in [1.54, 1.807) is 6.20 Å². The summed E-state index contributed by atoms with van der Waals surface area (Å²) >= 11 is 5.91. The van der Waals surface area contributed by atoms with E-state index in [0.29, 0.717) is 11.6 Å². The topological polar surface area (TPSA) is 62.2 Å². The van der Waals surface area contributed by atoms with Gasteiger partial charge in [0.05, 0.1) is 10.6 Å². The number of aromatic hydroxyl groups is 1. The van der Waals surface area contributed by atoms with Crippen LogP contribution in [0.5, 0.6) is 5.75 Å². The fraction of sp³-hybridized carbons (Fsp3) is 0.143. The van der Waals surface area contributed by atoms with E-state index in [1.165, 1.54) is 18.2 Å². The Morgan fingerprint density at radius 1 is 1.37 bits per heavy atom. The molecule has 0 atom stereocenters. The van der Waals surface area contributed by atoms with Crippen LogP contribution in [0.25, 0.3) is 0 Å². The number of aromatic nitrogens is 1. The molecule has 0 aliphatic rings. The molecule has 0 aliphatic carbocycles. The van der Waals surface area contributed by atoms with Crippen LogP contribution in [0.2, 0.25) is 5.02 Å². The van der Waals surface area contributed by atoms with Crippen LogP contribution in [0.15, 0.2) is 36.5 Å². The molecule has 1 heterocycles. The molecule has 98 valence electrons. The van der Waals surface area contributed by atoms with Crippen molar-refractivity contribution >= 4 is 17.5 Å². The number of rotatable bonds is 3. The van der Waals surface area contributed by atoms with Crippen LogP contribution in [-0.2, 0) is 6.54 Å². The van der Waals surface area contributed by atoms with Gasteiger partial charge in [0.1, 0.15) is 5.75 Å². The van der Waals surface area contributed by atoms with Crippen LogP contribution in [0, 0.1) is 6.92 Å². The summed E-state index contributed by atoms with van der Waals surface area (Å²) in [6.45, 7) is 2.26. The maximum atomic E-state index is 11.9. The number of nitrogens with one attached hydrogen (secondary N) is 1. The van der Waals surface area contributed by atoms with Gasteiger partial charge in [-0.2, -0.15) is 0 Å². The molecular weight excluding hydrogens is 264 g/mol. The third-order valence-corrected chi connectivity index (χ3v) is 2.95. The lowest BCUT2D eigenvalue weighted by Crippen LogP contribution is -2.23. The lowest BCUT2D eigenvalue weighted by Gasteiger charge is -2.07. The van der Waals surface area contributed by atoms with Crippen LogP contribution in [-0.4, -0.2) is 16.0 Å². The van der Waals surface area contributed by atoms with Gasteiger partial charge in [0.15, 0.2) is 0 Å². The molecule has 2 rings (SSSR count). The highest BCUT2D eigenvalue weighted by atomic mass is 35.5. The molecule has 0 unspecified atom stereocenters. The first-order chi connectivity index (χ1) is 9.06. The fourth-order valence-electron chi connectivity index (χ4n) is 1.57. The summed E-state index contributed by atoms with van der Waals surface area (Å²) in [6, 6.07) is 8.03. The predicted octanol–water partition coefficient (Wildman–Crippen LogP) is 2.68. The Labute approximate surface area is 116 Å². The molecule has 5 heteroatoms. The Morgan fingerprint density at radius 2 is 2.16 bits per heavy atom. The van der Waals surface area contributed by atoms with Gasteiger partial charge in [-0.3, -0.25) is 9.78 Å². The van der Waals surface area contributed by atoms with Crippen molar-refractivity contribution in [2.75, 3.05) is 0 Å². The number of carbonyl (C=O) groups excluding carboxylic acids is 1. The first kappa shape index (κ1) is 13.4.